The molecule has 0 N–H and O–H groups in total. The van der Waals surface area contributed by atoms with Gasteiger partial charge in [0.25, 0.3) is 0 Å². The van der Waals surface area contributed by atoms with Crippen molar-refractivity contribution in [3.63, 3.8) is 0 Å². The number of rotatable bonds is 3. The Balaban J connectivity index is 1.93. The average Bonchev–Trinajstić information content (AvgIpc) is 2.68. The molecule has 0 fully saturated rings. The zero-order valence-electron chi connectivity index (χ0n) is 14.4. The first-order valence-electron chi connectivity index (χ1n) is 8.43. The Morgan fingerprint density at radius 1 is 0.577 bits per heavy atom. The maximum Gasteiger partial charge on any atom is 0.164 e. The Hall–Kier alpha value is -3.27. The van der Waals surface area contributed by atoms with Crippen LogP contribution in [0.15, 0.2) is 78.9 Å². The summed E-state index contributed by atoms with van der Waals surface area (Å²) in [6.07, 6.45) is 0. The van der Waals surface area contributed by atoms with E-state index in [1.54, 1.807) is 0 Å². The maximum atomic E-state index is 6.02. The molecule has 0 amide bonds. The van der Waals surface area contributed by atoms with E-state index in [4.69, 9.17) is 22.8 Å². The van der Waals surface area contributed by atoms with Crippen LogP contribution in [0.4, 0.5) is 0 Å². The predicted molar refractivity (Wildman–Crippen MR) is 106 cm³/mol. The molecule has 0 saturated carbocycles. The minimum Gasteiger partial charge on any atom is -0.208 e. The summed E-state index contributed by atoms with van der Waals surface area (Å²) in [5, 5.41) is 0. The van der Waals surface area contributed by atoms with Gasteiger partial charge in [-0.05, 0) is 13.0 Å². The maximum absolute atomic E-state index is 6.02. The third-order valence-corrected chi connectivity index (χ3v) is 4.06. The van der Waals surface area contributed by atoms with Crippen molar-refractivity contribution in [2.24, 2.45) is 0 Å². The molecular formula is C22H16BN3. The monoisotopic (exact) mass is 333 g/mol. The predicted octanol–water partition coefficient (Wildman–Crippen LogP) is 3.97. The summed E-state index contributed by atoms with van der Waals surface area (Å²) in [4.78, 5) is 14.1. The van der Waals surface area contributed by atoms with Crippen LogP contribution in [0.25, 0.3) is 34.2 Å². The molecule has 4 aromatic rings. The van der Waals surface area contributed by atoms with Crippen molar-refractivity contribution in [2.75, 3.05) is 0 Å². The molecule has 1 aromatic heterocycles. The van der Waals surface area contributed by atoms with Gasteiger partial charge in [-0.2, -0.15) is 0 Å². The van der Waals surface area contributed by atoms with Crippen molar-refractivity contribution in [3.8, 4) is 34.2 Å². The molecule has 4 heteroatoms. The lowest BCUT2D eigenvalue weighted by molar-refractivity contribution is 1.07. The van der Waals surface area contributed by atoms with E-state index in [-0.39, 0.29) is 0 Å². The Bertz CT molecular complexity index is 969. The molecule has 4 rings (SSSR count). The van der Waals surface area contributed by atoms with Crippen molar-refractivity contribution in [2.45, 2.75) is 6.92 Å². The quantitative estimate of drug-likeness (QED) is 0.533. The van der Waals surface area contributed by atoms with E-state index in [0.29, 0.717) is 22.9 Å². The van der Waals surface area contributed by atoms with E-state index in [2.05, 4.69) is 0 Å². The van der Waals surface area contributed by atoms with Gasteiger partial charge < -0.3 is 0 Å². The first-order chi connectivity index (χ1) is 12.7. The van der Waals surface area contributed by atoms with Gasteiger partial charge in [0.05, 0.1) is 0 Å². The molecular weight excluding hydrogens is 317 g/mol. The van der Waals surface area contributed by atoms with Gasteiger partial charge >= 0.3 is 0 Å². The van der Waals surface area contributed by atoms with Gasteiger partial charge in [0.15, 0.2) is 17.5 Å². The largest absolute Gasteiger partial charge is 0.208 e. The Kier molecular flexibility index (Phi) is 4.32. The molecule has 0 aliphatic carbocycles. The van der Waals surface area contributed by atoms with Crippen LogP contribution in [0.1, 0.15) is 5.56 Å². The summed E-state index contributed by atoms with van der Waals surface area (Å²) in [6, 6.07) is 25.7. The number of hydrogen-bond acceptors (Lipinski definition) is 3. The van der Waals surface area contributed by atoms with Crippen LogP contribution in [-0.2, 0) is 0 Å². The molecule has 1 heterocycles. The van der Waals surface area contributed by atoms with Crippen LogP contribution in [-0.4, -0.2) is 22.8 Å². The van der Waals surface area contributed by atoms with E-state index >= 15 is 0 Å². The lowest BCUT2D eigenvalue weighted by Crippen LogP contribution is -2.05. The van der Waals surface area contributed by atoms with Crippen molar-refractivity contribution in [3.05, 3.63) is 84.4 Å². The van der Waals surface area contributed by atoms with Crippen molar-refractivity contribution in [1.82, 2.24) is 15.0 Å². The number of nitrogens with zero attached hydrogens (tertiary/aromatic N) is 3. The second-order valence-electron chi connectivity index (χ2n) is 6.17. The van der Waals surface area contributed by atoms with Crippen LogP contribution >= 0.6 is 0 Å². The summed E-state index contributed by atoms with van der Waals surface area (Å²) in [5.41, 5.74) is 4.56. The highest BCUT2D eigenvalue weighted by Crippen LogP contribution is 2.24. The van der Waals surface area contributed by atoms with E-state index in [1.807, 2.05) is 85.8 Å². The van der Waals surface area contributed by atoms with E-state index in [0.717, 1.165) is 22.3 Å². The van der Waals surface area contributed by atoms with E-state index in [1.165, 1.54) is 0 Å². The minimum absolute atomic E-state index is 0.619. The Labute approximate surface area is 154 Å². The SMILES string of the molecule is [B]c1cc(C)cc(-c2nc(-c3ccccc3)nc(-c3ccccc3)n2)c1. The molecule has 0 atom stereocenters. The number of hydrogen-bond donors (Lipinski definition) is 0. The van der Waals surface area contributed by atoms with Crippen molar-refractivity contribution >= 4 is 13.3 Å². The third-order valence-electron chi connectivity index (χ3n) is 4.06. The summed E-state index contributed by atoms with van der Waals surface area (Å²) in [6.45, 7) is 2.01. The minimum atomic E-state index is 0.619. The lowest BCUT2D eigenvalue weighted by atomic mass is 9.92. The molecule has 2 radical (unpaired) electrons. The fourth-order valence-corrected chi connectivity index (χ4v) is 2.88. The molecule has 26 heavy (non-hydrogen) atoms. The van der Waals surface area contributed by atoms with Gasteiger partial charge in [0.1, 0.15) is 7.85 Å². The lowest BCUT2D eigenvalue weighted by Gasteiger charge is -2.09. The number of aromatic nitrogens is 3. The summed E-state index contributed by atoms with van der Waals surface area (Å²) < 4.78 is 0. The van der Waals surface area contributed by atoms with Crippen LogP contribution in [0, 0.1) is 6.92 Å². The third kappa shape index (κ3) is 3.40. The average molecular weight is 333 g/mol. The Morgan fingerprint density at radius 3 is 1.50 bits per heavy atom. The zero-order chi connectivity index (χ0) is 17.9. The molecule has 0 spiro atoms. The zero-order valence-corrected chi connectivity index (χ0v) is 14.4. The van der Waals surface area contributed by atoms with Gasteiger partial charge in [-0.25, -0.2) is 15.0 Å². The van der Waals surface area contributed by atoms with Crippen molar-refractivity contribution in [1.29, 1.82) is 0 Å². The fourth-order valence-electron chi connectivity index (χ4n) is 2.88. The first kappa shape index (κ1) is 16.2. The summed E-state index contributed by atoms with van der Waals surface area (Å²) in [5.74, 6) is 1.91. The van der Waals surface area contributed by atoms with Crippen LogP contribution in [0.5, 0.6) is 0 Å². The van der Waals surface area contributed by atoms with Gasteiger partial charge in [-0.1, -0.05) is 83.8 Å². The van der Waals surface area contributed by atoms with Crippen LogP contribution in [0.2, 0.25) is 0 Å². The second kappa shape index (κ2) is 6.92. The fraction of sp³-hybridized carbons (Fsp3) is 0.0455. The number of benzene rings is 3. The Morgan fingerprint density at radius 2 is 1.04 bits per heavy atom. The highest BCUT2D eigenvalue weighted by molar-refractivity contribution is 6.32. The number of aryl methyl sites for hydroxylation is 1. The highest BCUT2D eigenvalue weighted by Gasteiger charge is 2.12. The topological polar surface area (TPSA) is 38.7 Å². The van der Waals surface area contributed by atoms with Crippen LogP contribution in [0.3, 0.4) is 0 Å². The molecule has 122 valence electrons. The van der Waals surface area contributed by atoms with Gasteiger partial charge in [0, 0.05) is 16.7 Å². The standard InChI is InChI=1S/C22H16BN3/c1-15-12-18(14-19(23)13-15)22-25-20(16-8-4-2-5-9-16)24-21(26-22)17-10-6-3-7-11-17/h2-14H,1H3. The smallest absolute Gasteiger partial charge is 0.164 e. The van der Waals surface area contributed by atoms with Crippen molar-refractivity contribution < 1.29 is 0 Å². The second-order valence-corrected chi connectivity index (χ2v) is 6.17. The molecule has 0 aliphatic heterocycles. The van der Waals surface area contributed by atoms with E-state index in [9.17, 15) is 0 Å². The molecule has 0 unspecified atom stereocenters. The van der Waals surface area contributed by atoms with Gasteiger partial charge in [-0.15, -0.1) is 0 Å². The highest BCUT2D eigenvalue weighted by atomic mass is 15.0. The van der Waals surface area contributed by atoms with Gasteiger partial charge in [-0.3, -0.25) is 0 Å². The van der Waals surface area contributed by atoms with E-state index < -0.39 is 0 Å². The van der Waals surface area contributed by atoms with Gasteiger partial charge in [0.2, 0.25) is 0 Å². The molecule has 0 aliphatic rings. The molecule has 0 saturated heterocycles. The first-order valence-corrected chi connectivity index (χ1v) is 8.43. The molecule has 0 bridgehead atoms. The van der Waals surface area contributed by atoms with Crippen LogP contribution < -0.4 is 5.46 Å². The molecule has 3 nitrogen and oxygen atoms in total. The normalized spacial score (nSPS) is 10.7. The summed E-state index contributed by atoms with van der Waals surface area (Å²) in [7, 11) is 6.02. The summed E-state index contributed by atoms with van der Waals surface area (Å²) >= 11 is 0. The molecule has 3 aromatic carbocycles.